The number of nitrogens with two attached hydrogens (primary N) is 2. The lowest BCUT2D eigenvalue weighted by atomic mass is 9.87. The first kappa shape index (κ1) is 43.6. The molecular formula is C64H40N2O4. The zero-order valence-electron chi connectivity index (χ0n) is 37.5. The second-order valence-corrected chi connectivity index (χ2v) is 16.2. The van der Waals surface area contributed by atoms with E-state index in [1.807, 2.05) is 170 Å². The van der Waals surface area contributed by atoms with Crippen LogP contribution in [0.3, 0.4) is 0 Å². The summed E-state index contributed by atoms with van der Waals surface area (Å²) in [6.07, 6.45) is 0. The summed E-state index contributed by atoms with van der Waals surface area (Å²) < 4.78 is 13.6. The van der Waals surface area contributed by atoms with Crippen molar-refractivity contribution in [3.8, 4) is 93.0 Å². The van der Waals surface area contributed by atoms with Crippen molar-refractivity contribution in [2.45, 2.75) is 0 Å². The molecule has 10 aromatic carbocycles. The summed E-state index contributed by atoms with van der Waals surface area (Å²) in [7, 11) is 0. The molecule has 0 aliphatic heterocycles. The zero-order valence-corrected chi connectivity index (χ0v) is 37.5. The van der Waals surface area contributed by atoms with Gasteiger partial charge in [-0.15, -0.1) is 0 Å². The molecule has 6 N–H and O–H groups in total. The molecule has 10 rings (SSSR count). The molecule has 0 aliphatic rings. The van der Waals surface area contributed by atoms with Gasteiger partial charge in [0.05, 0.1) is 11.4 Å². The maximum Gasteiger partial charge on any atom is 0.142 e. The monoisotopic (exact) mass is 900 g/mol. The number of fused-ring (bicyclic) bond motifs is 2. The fourth-order valence-electron chi connectivity index (χ4n) is 8.00. The van der Waals surface area contributed by atoms with Gasteiger partial charge in [0.25, 0.3) is 0 Å². The Bertz CT molecular complexity index is 3620. The topological polar surface area (TPSA) is 111 Å². The van der Waals surface area contributed by atoms with E-state index in [1.165, 1.54) is 12.1 Å². The zero-order chi connectivity index (χ0) is 47.8. The molecule has 0 aromatic heterocycles. The minimum Gasteiger partial charge on any atom is -0.506 e. The average molecular weight is 901 g/mol. The Morgan fingerprint density at radius 3 is 0.986 bits per heavy atom. The molecule has 10 aromatic rings. The van der Waals surface area contributed by atoms with Crippen LogP contribution in [0.1, 0.15) is 44.5 Å². The summed E-state index contributed by atoms with van der Waals surface area (Å²) in [6, 6.07) is 64.6. The molecule has 0 saturated carbocycles. The van der Waals surface area contributed by atoms with E-state index in [1.54, 1.807) is 24.3 Å². The van der Waals surface area contributed by atoms with E-state index in [0.29, 0.717) is 45.3 Å². The lowest BCUT2D eigenvalue weighted by Gasteiger charge is -2.21. The number of benzene rings is 10. The second-order valence-electron chi connectivity index (χ2n) is 16.2. The Morgan fingerprint density at radius 1 is 0.314 bits per heavy atom. The third-order valence-corrected chi connectivity index (χ3v) is 11.5. The summed E-state index contributed by atoms with van der Waals surface area (Å²) in [5, 5.41) is 24.7. The van der Waals surface area contributed by atoms with Gasteiger partial charge in [-0.05, 0) is 131 Å². The van der Waals surface area contributed by atoms with Crippen LogP contribution in [0.25, 0.3) is 32.7 Å². The van der Waals surface area contributed by atoms with Crippen LogP contribution in [-0.4, -0.2) is 10.2 Å². The second kappa shape index (κ2) is 19.7. The largest absolute Gasteiger partial charge is 0.506 e. The van der Waals surface area contributed by atoms with Crippen LogP contribution < -0.4 is 20.9 Å². The predicted octanol–water partition coefficient (Wildman–Crippen LogP) is 13.4. The third kappa shape index (κ3) is 9.53. The minimum atomic E-state index is -0.122. The third-order valence-electron chi connectivity index (χ3n) is 11.5. The van der Waals surface area contributed by atoms with Crippen LogP contribution in [0.4, 0.5) is 11.4 Å². The number of anilines is 2. The van der Waals surface area contributed by atoms with Gasteiger partial charge < -0.3 is 31.2 Å². The highest BCUT2D eigenvalue weighted by Gasteiger charge is 2.24. The van der Waals surface area contributed by atoms with Crippen molar-refractivity contribution < 1.29 is 19.7 Å². The number of rotatable bonds is 5. The van der Waals surface area contributed by atoms with Gasteiger partial charge in [0.2, 0.25) is 0 Å². The Kier molecular flexibility index (Phi) is 12.3. The molecule has 6 heteroatoms. The molecule has 0 amide bonds. The number of ether oxygens (including phenoxy) is 2. The van der Waals surface area contributed by atoms with Crippen LogP contribution in [0.5, 0.6) is 34.5 Å². The SMILES string of the molecule is Nc1ccc(Oc2ccc3c(C#Cc4ccccc4)c(C#Cc4ccccc4)ccc3c2-c2c(Oc3ccc(N)c(O)c3)ccc3c(C#Cc4ccccc4)c(C#Cc4ccccc4)ccc23)cc1O. The molecule has 6 nitrogen and oxygen atoms in total. The van der Waals surface area contributed by atoms with Crippen LogP contribution in [0.15, 0.2) is 206 Å². The van der Waals surface area contributed by atoms with Gasteiger partial charge in [0.1, 0.15) is 34.5 Å². The van der Waals surface area contributed by atoms with Crippen molar-refractivity contribution in [2.24, 2.45) is 0 Å². The number of phenolic OH excluding ortho intramolecular Hbond substituents is 2. The summed E-state index contributed by atoms with van der Waals surface area (Å²) in [4.78, 5) is 0. The highest BCUT2D eigenvalue weighted by molar-refractivity contribution is 6.12. The van der Waals surface area contributed by atoms with E-state index < -0.39 is 0 Å². The molecule has 0 radical (unpaired) electrons. The van der Waals surface area contributed by atoms with E-state index in [2.05, 4.69) is 47.4 Å². The predicted molar refractivity (Wildman–Crippen MR) is 282 cm³/mol. The van der Waals surface area contributed by atoms with Crippen molar-refractivity contribution in [3.63, 3.8) is 0 Å². The quantitative estimate of drug-likeness (QED) is 0.0778. The van der Waals surface area contributed by atoms with Crippen molar-refractivity contribution >= 4 is 32.9 Å². The minimum absolute atomic E-state index is 0.122. The molecule has 0 spiro atoms. The van der Waals surface area contributed by atoms with E-state index in [4.69, 9.17) is 20.9 Å². The van der Waals surface area contributed by atoms with Gasteiger partial charge in [-0.25, -0.2) is 0 Å². The summed E-state index contributed by atoms with van der Waals surface area (Å²) in [5.74, 6) is 28.6. The molecule has 0 atom stereocenters. The number of hydrogen-bond acceptors (Lipinski definition) is 6. The molecule has 0 bridgehead atoms. The highest BCUT2D eigenvalue weighted by atomic mass is 16.5. The number of phenols is 2. The van der Waals surface area contributed by atoms with Crippen molar-refractivity contribution in [1.29, 1.82) is 0 Å². The Balaban J connectivity index is 1.30. The lowest BCUT2D eigenvalue weighted by molar-refractivity contribution is 0.454. The summed E-state index contributed by atoms with van der Waals surface area (Å²) in [6.45, 7) is 0. The van der Waals surface area contributed by atoms with Crippen molar-refractivity contribution in [3.05, 3.63) is 251 Å². The Labute approximate surface area is 406 Å². The maximum atomic E-state index is 10.8. The standard InChI is InChI=1S/C64H40N2O4/c65-57-37-29-49(41-59(57)67)69-61-39-35-53-51(31-23-45-17-9-3-10-18-45)47(25-21-43-13-5-1-6-14-43)27-33-55(53)63(61)64-56-34-28-48(26-22-44-15-7-2-8-16-44)52(32-24-46-19-11-4-12-20-46)54(56)36-40-62(64)70-50-30-38-58(66)60(68)42-50/h1-20,27-30,33-42,67-68H,65-66H2. The maximum absolute atomic E-state index is 10.8. The van der Waals surface area contributed by atoms with Gasteiger partial charge in [0, 0.05) is 67.8 Å². The molecule has 0 aliphatic carbocycles. The van der Waals surface area contributed by atoms with Crippen LogP contribution in [0, 0.1) is 47.4 Å². The van der Waals surface area contributed by atoms with E-state index in [9.17, 15) is 10.2 Å². The van der Waals surface area contributed by atoms with E-state index in [-0.39, 0.29) is 22.9 Å². The van der Waals surface area contributed by atoms with Gasteiger partial charge in [-0.2, -0.15) is 0 Å². The molecule has 0 fully saturated rings. The van der Waals surface area contributed by atoms with Crippen LogP contribution in [0.2, 0.25) is 0 Å². The van der Waals surface area contributed by atoms with E-state index >= 15 is 0 Å². The summed E-state index contributed by atoms with van der Waals surface area (Å²) >= 11 is 0. The first-order valence-corrected chi connectivity index (χ1v) is 22.4. The molecule has 0 saturated heterocycles. The Hall–Kier alpha value is -10.2. The van der Waals surface area contributed by atoms with E-state index in [0.717, 1.165) is 54.9 Å². The number of nitrogen functional groups attached to an aromatic ring is 2. The van der Waals surface area contributed by atoms with Crippen molar-refractivity contribution in [2.75, 3.05) is 11.5 Å². The highest BCUT2D eigenvalue weighted by Crippen LogP contribution is 2.49. The average Bonchev–Trinajstić information content (AvgIpc) is 3.39. The molecule has 330 valence electrons. The molecule has 0 unspecified atom stereocenters. The van der Waals surface area contributed by atoms with Crippen LogP contribution in [-0.2, 0) is 0 Å². The van der Waals surface area contributed by atoms with Gasteiger partial charge >= 0.3 is 0 Å². The van der Waals surface area contributed by atoms with Gasteiger partial charge in [-0.1, -0.05) is 132 Å². The van der Waals surface area contributed by atoms with Gasteiger partial charge in [0.15, 0.2) is 0 Å². The fourth-order valence-corrected chi connectivity index (χ4v) is 8.00. The summed E-state index contributed by atoms with van der Waals surface area (Å²) in [5.41, 5.74) is 20.1. The molecule has 70 heavy (non-hydrogen) atoms. The van der Waals surface area contributed by atoms with Gasteiger partial charge in [-0.3, -0.25) is 0 Å². The Morgan fingerprint density at radius 2 is 0.643 bits per heavy atom. The molecular weight excluding hydrogens is 861 g/mol. The first-order chi connectivity index (χ1) is 34.3. The van der Waals surface area contributed by atoms with Crippen LogP contribution >= 0.6 is 0 Å². The first-order valence-electron chi connectivity index (χ1n) is 22.4. The normalized spacial score (nSPS) is 10.3. The fraction of sp³-hybridized carbons (Fsp3) is 0. The number of hydrogen-bond donors (Lipinski definition) is 4. The number of aromatic hydroxyl groups is 2. The lowest BCUT2D eigenvalue weighted by Crippen LogP contribution is -1.98. The smallest absolute Gasteiger partial charge is 0.142 e. The molecule has 0 heterocycles. The van der Waals surface area contributed by atoms with Crippen molar-refractivity contribution in [1.82, 2.24) is 0 Å².